The van der Waals surface area contributed by atoms with Crippen LogP contribution in [0.25, 0.3) is 15.9 Å². The van der Waals surface area contributed by atoms with Crippen molar-refractivity contribution in [2.45, 2.75) is 83.4 Å². The molecule has 5 nitrogen and oxygen atoms in total. The Morgan fingerprint density at radius 3 is 2.64 bits per heavy atom. The highest BCUT2D eigenvalue weighted by molar-refractivity contribution is 7.19. The van der Waals surface area contributed by atoms with Crippen LogP contribution in [0.2, 0.25) is 0 Å². The lowest BCUT2D eigenvalue weighted by Gasteiger charge is -2.36. The molecule has 6 rings (SSSR count). The summed E-state index contributed by atoms with van der Waals surface area (Å²) in [5.74, 6) is 8.64. The number of aryl methyl sites for hydroxylation is 1. The Kier molecular flexibility index (Phi) is 6.39. The highest BCUT2D eigenvalue weighted by Crippen LogP contribution is 2.37. The summed E-state index contributed by atoms with van der Waals surface area (Å²) in [6.07, 6.45) is 11.1. The molecule has 2 aromatic heterocycles. The number of nitrogens with zero attached hydrogens (tertiary/aromatic N) is 3. The molecule has 1 saturated carbocycles. The number of thiophene rings is 1. The number of piperidine rings is 1. The Balaban J connectivity index is 1.30. The van der Waals surface area contributed by atoms with Crippen LogP contribution in [0.4, 0.5) is 0 Å². The van der Waals surface area contributed by atoms with Crippen molar-refractivity contribution in [2.24, 2.45) is 11.8 Å². The van der Waals surface area contributed by atoms with Gasteiger partial charge < -0.3 is 9.64 Å². The third-order valence-electron chi connectivity index (χ3n) is 8.08. The van der Waals surface area contributed by atoms with E-state index in [1.54, 1.807) is 10.9 Å². The predicted molar refractivity (Wildman–Crippen MR) is 146 cm³/mol. The van der Waals surface area contributed by atoms with Crippen LogP contribution in [0, 0.1) is 23.7 Å². The molecule has 6 heteroatoms. The summed E-state index contributed by atoms with van der Waals surface area (Å²) in [5, 5.41) is 0. The van der Waals surface area contributed by atoms with E-state index in [2.05, 4.69) is 54.8 Å². The zero-order valence-electron chi connectivity index (χ0n) is 21.5. The normalized spacial score (nSPS) is 23.7. The fourth-order valence-corrected chi connectivity index (χ4v) is 6.57. The van der Waals surface area contributed by atoms with E-state index in [9.17, 15) is 4.79 Å². The summed E-state index contributed by atoms with van der Waals surface area (Å²) in [6, 6.07) is 9.45. The molecule has 0 radical (unpaired) electrons. The maximum atomic E-state index is 13.4. The first-order chi connectivity index (χ1) is 17.4. The first-order valence-electron chi connectivity index (χ1n) is 13.5. The van der Waals surface area contributed by atoms with Gasteiger partial charge in [-0.2, -0.15) is 0 Å². The van der Waals surface area contributed by atoms with E-state index < -0.39 is 0 Å². The van der Waals surface area contributed by atoms with Gasteiger partial charge in [-0.25, -0.2) is 4.98 Å². The zero-order chi connectivity index (χ0) is 24.8. The van der Waals surface area contributed by atoms with Crippen LogP contribution in [0.1, 0.15) is 69.2 Å². The average molecular weight is 502 g/mol. The molecule has 36 heavy (non-hydrogen) atoms. The van der Waals surface area contributed by atoms with E-state index in [0.29, 0.717) is 28.6 Å². The van der Waals surface area contributed by atoms with Crippen molar-refractivity contribution in [3.05, 3.63) is 51.4 Å². The minimum atomic E-state index is -0.0279. The molecule has 0 spiro atoms. The van der Waals surface area contributed by atoms with Gasteiger partial charge in [0.1, 0.15) is 22.9 Å². The number of hydrogen-bond acceptors (Lipinski definition) is 5. The van der Waals surface area contributed by atoms with Crippen LogP contribution >= 0.6 is 11.3 Å². The van der Waals surface area contributed by atoms with Gasteiger partial charge in [0, 0.05) is 18.0 Å². The molecule has 0 amide bonds. The number of ether oxygens (including phenoxy) is 1. The van der Waals surface area contributed by atoms with E-state index in [0.717, 1.165) is 47.5 Å². The molecule has 0 N–H and O–H groups in total. The van der Waals surface area contributed by atoms with Gasteiger partial charge >= 0.3 is 0 Å². The number of benzene rings is 1. The molecule has 4 heterocycles. The molecule has 188 valence electrons. The van der Waals surface area contributed by atoms with E-state index in [4.69, 9.17) is 4.74 Å². The molecular weight excluding hydrogens is 466 g/mol. The van der Waals surface area contributed by atoms with Crippen LogP contribution in [0.15, 0.2) is 35.4 Å². The molecule has 3 fully saturated rings. The summed E-state index contributed by atoms with van der Waals surface area (Å²) in [6.45, 7) is 4.50. The predicted octanol–water partition coefficient (Wildman–Crippen LogP) is 5.80. The van der Waals surface area contributed by atoms with Gasteiger partial charge in [0.2, 0.25) is 0 Å². The molecule has 1 aromatic carbocycles. The first-order valence-corrected chi connectivity index (χ1v) is 14.3. The number of hydrogen-bond donors (Lipinski definition) is 0. The van der Waals surface area contributed by atoms with Crippen molar-refractivity contribution >= 4 is 21.6 Å². The number of fused-ring (bicyclic) bond motifs is 3. The molecule has 2 aliphatic heterocycles. The maximum Gasteiger partial charge on any atom is 0.275 e. The van der Waals surface area contributed by atoms with E-state index >= 15 is 0 Å². The summed E-state index contributed by atoms with van der Waals surface area (Å²) in [4.78, 5) is 21.5. The highest BCUT2D eigenvalue weighted by atomic mass is 32.1. The smallest absolute Gasteiger partial charge is 0.275 e. The van der Waals surface area contributed by atoms with Gasteiger partial charge in [0.25, 0.3) is 5.56 Å². The minimum Gasteiger partial charge on any atom is -0.490 e. The van der Waals surface area contributed by atoms with Crippen LogP contribution in [-0.2, 0) is 6.42 Å². The van der Waals surface area contributed by atoms with E-state index in [1.165, 1.54) is 42.6 Å². The van der Waals surface area contributed by atoms with Crippen LogP contribution in [0.5, 0.6) is 5.75 Å². The second-order valence-electron chi connectivity index (χ2n) is 11.3. The van der Waals surface area contributed by atoms with Gasteiger partial charge in [-0.1, -0.05) is 25.7 Å². The average Bonchev–Trinajstić information content (AvgIpc) is 3.56. The van der Waals surface area contributed by atoms with Gasteiger partial charge in [-0.05, 0) is 94.2 Å². The van der Waals surface area contributed by atoms with Gasteiger partial charge in [0.15, 0.2) is 0 Å². The fraction of sp³-hybridized carbons (Fsp3) is 0.533. The Hall–Kier alpha value is -2.62. The SMILES string of the molecule is CC(C)CCc1cc(-n2cnc3cc(C#CC4CC4)sc3c2=O)ccc1O[C@H]1C[C@H]2CC[C@@H](C1)N2C. The molecule has 2 bridgehead atoms. The van der Waals surface area contributed by atoms with E-state index in [1.807, 2.05) is 12.1 Å². The lowest BCUT2D eigenvalue weighted by molar-refractivity contribution is 0.0655. The second kappa shape index (κ2) is 9.68. The quantitative estimate of drug-likeness (QED) is 0.401. The third kappa shape index (κ3) is 4.84. The number of rotatable bonds is 6. The maximum absolute atomic E-state index is 13.4. The zero-order valence-corrected chi connectivity index (χ0v) is 22.3. The second-order valence-corrected chi connectivity index (χ2v) is 12.3. The van der Waals surface area contributed by atoms with Gasteiger partial charge in [-0.3, -0.25) is 9.36 Å². The summed E-state index contributed by atoms with van der Waals surface area (Å²) >= 11 is 1.46. The van der Waals surface area contributed by atoms with Gasteiger partial charge in [0.05, 0.1) is 16.1 Å². The molecule has 1 aliphatic carbocycles. The van der Waals surface area contributed by atoms with Crippen molar-refractivity contribution in [3.63, 3.8) is 0 Å². The van der Waals surface area contributed by atoms with Crippen LogP contribution < -0.4 is 10.3 Å². The van der Waals surface area contributed by atoms with Crippen molar-refractivity contribution < 1.29 is 4.74 Å². The topological polar surface area (TPSA) is 47.4 Å². The van der Waals surface area contributed by atoms with E-state index in [-0.39, 0.29) is 11.7 Å². The molecule has 3 atom stereocenters. The largest absolute Gasteiger partial charge is 0.490 e. The molecular formula is C30H35N3O2S. The fourth-order valence-electron chi connectivity index (χ4n) is 5.67. The van der Waals surface area contributed by atoms with Crippen molar-refractivity contribution in [1.82, 2.24) is 14.5 Å². The van der Waals surface area contributed by atoms with Gasteiger partial charge in [-0.15, -0.1) is 11.3 Å². The molecule has 3 aliphatic rings. The summed E-state index contributed by atoms with van der Waals surface area (Å²) in [7, 11) is 2.26. The van der Waals surface area contributed by atoms with Crippen LogP contribution in [0.3, 0.4) is 0 Å². The van der Waals surface area contributed by atoms with Crippen molar-refractivity contribution in [2.75, 3.05) is 7.05 Å². The minimum absolute atomic E-state index is 0.0279. The summed E-state index contributed by atoms with van der Waals surface area (Å²) < 4.78 is 9.00. The van der Waals surface area contributed by atoms with Crippen LogP contribution in [-0.4, -0.2) is 39.7 Å². The lowest BCUT2D eigenvalue weighted by atomic mass is 9.99. The monoisotopic (exact) mass is 501 g/mol. The Bertz CT molecular complexity index is 1380. The molecule has 0 unspecified atom stereocenters. The standard InChI is InChI=1S/C30H35N3O2S/c1-19(2)4-8-21-14-24(11-13-28(21)35-25-15-22-9-10-23(16-25)32(22)3)33-18-31-27-17-26(12-7-20-5-6-20)36-29(27)30(33)34/h11,13-14,17-20,22-23,25H,4-6,8-10,15-16H2,1-3H3/t22-,23+,25+. The van der Waals surface area contributed by atoms with Crippen molar-refractivity contribution in [3.8, 4) is 23.3 Å². The number of aromatic nitrogens is 2. The third-order valence-corrected chi connectivity index (χ3v) is 9.10. The molecule has 3 aromatic rings. The van der Waals surface area contributed by atoms with Crippen molar-refractivity contribution in [1.29, 1.82) is 0 Å². The Morgan fingerprint density at radius 2 is 1.92 bits per heavy atom. The highest BCUT2D eigenvalue weighted by Gasteiger charge is 2.39. The Morgan fingerprint density at radius 1 is 1.14 bits per heavy atom. The first kappa shape index (κ1) is 23.8. The lowest BCUT2D eigenvalue weighted by Crippen LogP contribution is -2.43. The Labute approximate surface area is 217 Å². The molecule has 2 saturated heterocycles. The summed E-state index contributed by atoms with van der Waals surface area (Å²) in [5.41, 5.74) is 2.74.